The Labute approximate surface area is 166 Å². The van der Waals surface area contributed by atoms with Crippen molar-refractivity contribution in [3.05, 3.63) is 47.7 Å². The molecular formula is C21H28N4O3. The molecule has 0 saturated carbocycles. The summed E-state index contributed by atoms with van der Waals surface area (Å²) in [7, 11) is 5.68. The van der Waals surface area contributed by atoms with Crippen LogP contribution in [0.2, 0.25) is 0 Å². The fourth-order valence-corrected chi connectivity index (χ4v) is 3.48. The Morgan fingerprint density at radius 2 is 2.00 bits per heavy atom. The number of amidine groups is 1. The normalized spacial score (nSPS) is 16.1. The Hall–Kier alpha value is -2.80. The van der Waals surface area contributed by atoms with Gasteiger partial charge in [0.1, 0.15) is 0 Å². The molecule has 2 aromatic rings. The predicted octanol–water partition coefficient (Wildman–Crippen LogP) is 3.35. The maximum Gasteiger partial charge on any atom is 0.230 e. The van der Waals surface area contributed by atoms with Gasteiger partial charge in [0.05, 0.1) is 12.7 Å². The number of hydrogen-bond donors (Lipinski definition) is 1. The number of nitrogens with zero attached hydrogens (tertiary/aromatic N) is 4. The lowest BCUT2D eigenvalue weighted by molar-refractivity contribution is 0.187. The van der Waals surface area contributed by atoms with E-state index in [9.17, 15) is 5.21 Å². The third-order valence-electron chi connectivity index (χ3n) is 5.20. The third-order valence-corrected chi connectivity index (χ3v) is 5.20. The van der Waals surface area contributed by atoms with E-state index in [2.05, 4.69) is 22.1 Å². The Balaban J connectivity index is 1.88. The highest BCUT2D eigenvalue weighted by molar-refractivity contribution is 6.00. The van der Waals surface area contributed by atoms with Crippen molar-refractivity contribution < 1.29 is 14.7 Å². The maximum atomic E-state index is 9.79. The van der Waals surface area contributed by atoms with Gasteiger partial charge in [-0.25, -0.2) is 4.98 Å². The second kappa shape index (κ2) is 8.93. The quantitative estimate of drug-likeness (QED) is 0.369. The van der Waals surface area contributed by atoms with Crippen molar-refractivity contribution in [1.29, 1.82) is 0 Å². The van der Waals surface area contributed by atoms with E-state index in [1.165, 1.54) is 0 Å². The van der Waals surface area contributed by atoms with E-state index in [1.54, 1.807) is 13.3 Å². The van der Waals surface area contributed by atoms with Crippen LogP contribution >= 0.6 is 0 Å². The highest BCUT2D eigenvalue weighted by Gasteiger charge is 2.26. The summed E-state index contributed by atoms with van der Waals surface area (Å²) in [5.41, 5.74) is 1.71. The standard InChI is InChI=1S/C21H28N4O3/c1-15-7-8-18(19(14-15)27-4)28-21-17(6-5-11-22-21)20(23-26)25(3)16-9-12-24(2)13-10-16/h5-8,11,14,16,26H,9-10,12-13H2,1-4H3/b23-20-. The average molecular weight is 384 g/mol. The van der Waals surface area contributed by atoms with E-state index in [4.69, 9.17) is 9.47 Å². The first-order chi connectivity index (χ1) is 13.5. The molecule has 1 aromatic heterocycles. The number of rotatable bonds is 5. The molecule has 3 rings (SSSR count). The SMILES string of the molecule is COc1cc(C)ccc1Oc1ncccc1/C(=N/O)N(C)C1CCN(C)CC1. The van der Waals surface area contributed by atoms with Gasteiger partial charge < -0.3 is 24.5 Å². The van der Waals surface area contributed by atoms with Gasteiger partial charge in [0, 0.05) is 19.3 Å². The molecule has 0 amide bonds. The molecule has 28 heavy (non-hydrogen) atoms. The van der Waals surface area contributed by atoms with Gasteiger partial charge in [0.25, 0.3) is 0 Å². The topological polar surface area (TPSA) is 70.4 Å². The summed E-state index contributed by atoms with van der Waals surface area (Å²) in [6.45, 7) is 4.03. The maximum absolute atomic E-state index is 9.79. The van der Waals surface area contributed by atoms with Crippen LogP contribution < -0.4 is 9.47 Å². The second-order valence-electron chi connectivity index (χ2n) is 7.18. The van der Waals surface area contributed by atoms with Gasteiger partial charge in [-0.15, -0.1) is 0 Å². The number of aromatic nitrogens is 1. The summed E-state index contributed by atoms with van der Waals surface area (Å²) in [5.74, 6) is 2.01. The number of piperidine rings is 1. The summed E-state index contributed by atoms with van der Waals surface area (Å²) < 4.78 is 11.5. The molecule has 0 aliphatic carbocycles. The molecule has 0 radical (unpaired) electrons. The molecule has 1 fully saturated rings. The number of likely N-dealkylation sites (tertiary alicyclic amines) is 1. The van der Waals surface area contributed by atoms with Gasteiger partial charge in [0.15, 0.2) is 17.3 Å². The van der Waals surface area contributed by atoms with Crippen molar-refractivity contribution in [3.63, 3.8) is 0 Å². The number of benzene rings is 1. The average Bonchev–Trinajstić information content (AvgIpc) is 2.71. The first-order valence-electron chi connectivity index (χ1n) is 9.44. The van der Waals surface area contributed by atoms with Crippen LogP contribution in [0, 0.1) is 6.92 Å². The summed E-state index contributed by atoms with van der Waals surface area (Å²) in [4.78, 5) is 8.70. The van der Waals surface area contributed by atoms with Gasteiger partial charge in [0.2, 0.25) is 5.88 Å². The molecule has 2 heterocycles. The number of ether oxygens (including phenoxy) is 2. The van der Waals surface area contributed by atoms with Crippen LogP contribution in [0.1, 0.15) is 24.0 Å². The van der Waals surface area contributed by atoms with Crippen molar-refractivity contribution in [2.24, 2.45) is 5.16 Å². The fraction of sp³-hybridized carbons (Fsp3) is 0.429. The van der Waals surface area contributed by atoms with Crippen molar-refractivity contribution >= 4 is 5.84 Å². The van der Waals surface area contributed by atoms with Crippen LogP contribution in [-0.4, -0.2) is 66.2 Å². The zero-order valence-electron chi connectivity index (χ0n) is 16.9. The molecule has 0 bridgehead atoms. The van der Waals surface area contributed by atoms with Crippen LogP contribution in [0.25, 0.3) is 0 Å². The van der Waals surface area contributed by atoms with Crippen molar-refractivity contribution in [2.45, 2.75) is 25.8 Å². The first-order valence-corrected chi connectivity index (χ1v) is 9.44. The van der Waals surface area contributed by atoms with E-state index in [0.29, 0.717) is 34.8 Å². The zero-order chi connectivity index (χ0) is 20.1. The monoisotopic (exact) mass is 384 g/mol. The van der Waals surface area contributed by atoms with Crippen molar-refractivity contribution in [2.75, 3.05) is 34.3 Å². The van der Waals surface area contributed by atoms with Crippen LogP contribution in [0.15, 0.2) is 41.7 Å². The van der Waals surface area contributed by atoms with Crippen LogP contribution in [0.4, 0.5) is 0 Å². The Kier molecular flexibility index (Phi) is 6.36. The van der Waals surface area contributed by atoms with E-state index in [-0.39, 0.29) is 0 Å². The number of hydrogen-bond acceptors (Lipinski definition) is 6. The Morgan fingerprint density at radius 1 is 1.25 bits per heavy atom. The predicted molar refractivity (Wildman–Crippen MR) is 109 cm³/mol. The number of aryl methyl sites for hydroxylation is 1. The first kappa shape index (κ1) is 19.9. The van der Waals surface area contributed by atoms with Gasteiger partial charge in [-0.05, 0) is 69.7 Å². The van der Waals surface area contributed by atoms with Gasteiger partial charge in [-0.3, -0.25) is 0 Å². The lowest BCUT2D eigenvalue weighted by Crippen LogP contribution is -2.44. The van der Waals surface area contributed by atoms with Crippen LogP contribution in [0.5, 0.6) is 17.4 Å². The molecule has 1 N–H and O–H groups in total. The molecule has 1 aromatic carbocycles. The minimum absolute atomic E-state index is 0.295. The highest BCUT2D eigenvalue weighted by atomic mass is 16.5. The van der Waals surface area contributed by atoms with Crippen LogP contribution in [-0.2, 0) is 0 Å². The molecule has 7 heteroatoms. The minimum Gasteiger partial charge on any atom is -0.493 e. The van der Waals surface area contributed by atoms with Crippen LogP contribution in [0.3, 0.4) is 0 Å². The van der Waals surface area contributed by atoms with E-state index < -0.39 is 0 Å². The van der Waals surface area contributed by atoms with Gasteiger partial charge in [-0.1, -0.05) is 11.2 Å². The summed E-state index contributed by atoms with van der Waals surface area (Å²) in [6.07, 6.45) is 3.67. The Morgan fingerprint density at radius 3 is 2.68 bits per heavy atom. The van der Waals surface area contributed by atoms with E-state index >= 15 is 0 Å². The molecular weight excluding hydrogens is 356 g/mol. The number of methoxy groups -OCH3 is 1. The summed E-state index contributed by atoms with van der Waals surface area (Å²) in [6, 6.07) is 9.66. The van der Waals surface area contributed by atoms with Crippen molar-refractivity contribution in [1.82, 2.24) is 14.8 Å². The lowest BCUT2D eigenvalue weighted by Gasteiger charge is -2.36. The largest absolute Gasteiger partial charge is 0.493 e. The minimum atomic E-state index is 0.295. The van der Waals surface area contributed by atoms with E-state index in [1.807, 2.05) is 49.2 Å². The molecule has 0 atom stereocenters. The number of oxime groups is 1. The summed E-state index contributed by atoms with van der Waals surface area (Å²) >= 11 is 0. The molecule has 1 aliphatic heterocycles. The highest BCUT2D eigenvalue weighted by Crippen LogP contribution is 2.33. The molecule has 1 aliphatic rings. The lowest BCUT2D eigenvalue weighted by atomic mass is 10.0. The smallest absolute Gasteiger partial charge is 0.230 e. The second-order valence-corrected chi connectivity index (χ2v) is 7.18. The fourth-order valence-electron chi connectivity index (χ4n) is 3.48. The number of pyridine rings is 1. The zero-order valence-corrected chi connectivity index (χ0v) is 16.9. The van der Waals surface area contributed by atoms with Crippen molar-refractivity contribution in [3.8, 4) is 17.4 Å². The molecule has 1 saturated heterocycles. The molecule has 150 valence electrons. The van der Waals surface area contributed by atoms with Gasteiger partial charge >= 0.3 is 0 Å². The summed E-state index contributed by atoms with van der Waals surface area (Å²) in [5, 5.41) is 13.4. The third kappa shape index (κ3) is 4.36. The Bertz CT molecular complexity index is 832. The molecule has 7 nitrogen and oxygen atoms in total. The van der Waals surface area contributed by atoms with E-state index in [0.717, 1.165) is 31.5 Å². The van der Waals surface area contributed by atoms with Gasteiger partial charge in [-0.2, -0.15) is 0 Å². The molecule has 0 unspecified atom stereocenters. The molecule has 0 spiro atoms.